The number of ether oxygens (including phenoxy) is 1. The second-order valence-electron chi connectivity index (χ2n) is 5.31. The van der Waals surface area contributed by atoms with Crippen LogP contribution in [0.25, 0.3) is 0 Å². The predicted octanol–water partition coefficient (Wildman–Crippen LogP) is 1.71. The molecule has 1 heterocycles. The maximum atomic E-state index is 5.27. The van der Waals surface area contributed by atoms with E-state index in [4.69, 9.17) is 4.74 Å². The molecule has 1 aliphatic heterocycles. The smallest absolute Gasteiger partial charge is 0.121 e. The third kappa shape index (κ3) is 4.11. The number of nitrogens with one attached hydrogen (secondary N) is 2. The number of nitrogens with zero attached hydrogens (tertiary/aromatic N) is 1. The predicted molar refractivity (Wildman–Crippen MR) is 80.1 cm³/mol. The van der Waals surface area contributed by atoms with Crippen molar-refractivity contribution >= 4 is 5.69 Å². The van der Waals surface area contributed by atoms with Crippen LogP contribution in [0, 0.1) is 6.92 Å². The van der Waals surface area contributed by atoms with Crippen LogP contribution >= 0.6 is 0 Å². The lowest BCUT2D eigenvalue weighted by molar-refractivity contribution is 0.234. The molecule has 2 rings (SSSR count). The Hall–Kier alpha value is -1.26. The zero-order chi connectivity index (χ0) is 13.7. The minimum Gasteiger partial charge on any atom is -0.496 e. The van der Waals surface area contributed by atoms with E-state index >= 15 is 0 Å². The van der Waals surface area contributed by atoms with Gasteiger partial charge in [0.2, 0.25) is 0 Å². The molecule has 0 aliphatic carbocycles. The monoisotopic (exact) mass is 263 g/mol. The maximum absolute atomic E-state index is 5.27. The Labute approximate surface area is 116 Å². The van der Waals surface area contributed by atoms with E-state index in [2.05, 4.69) is 41.6 Å². The topological polar surface area (TPSA) is 36.5 Å². The summed E-state index contributed by atoms with van der Waals surface area (Å²) in [5, 5.41) is 7.05. The van der Waals surface area contributed by atoms with Gasteiger partial charge >= 0.3 is 0 Å². The molecule has 4 heteroatoms. The molecule has 0 aromatic heterocycles. The summed E-state index contributed by atoms with van der Waals surface area (Å²) in [7, 11) is 3.90. The number of piperazine rings is 1. The number of anilines is 1. The summed E-state index contributed by atoms with van der Waals surface area (Å²) in [6.07, 6.45) is 1.15. The quantitative estimate of drug-likeness (QED) is 0.848. The van der Waals surface area contributed by atoms with Gasteiger partial charge in [0.25, 0.3) is 0 Å². The fourth-order valence-electron chi connectivity index (χ4n) is 2.56. The van der Waals surface area contributed by atoms with E-state index in [0.717, 1.165) is 38.3 Å². The van der Waals surface area contributed by atoms with Crippen LogP contribution in [-0.2, 0) is 0 Å². The molecule has 0 bridgehead atoms. The third-order valence-corrected chi connectivity index (χ3v) is 3.68. The largest absolute Gasteiger partial charge is 0.496 e. The van der Waals surface area contributed by atoms with Crippen LogP contribution in [-0.4, -0.2) is 51.3 Å². The van der Waals surface area contributed by atoms with E-state index in [1.807, 2.05) is 6.07 Å². The first-order valence-corrected chi connectivity index (χ1v) is 6.99. The first-order chi connectivity index (χ1) is 9.19. The van der Waals surface area contributed by atoms with E-state index in [9.17, 15) is 0 Å². The number of methoxy groups -OCH3 is 1. The zero-order valence-electron chi connectivity index (χ0n) is 12.2. The normalized spacial score (nSPS) is 20.3. The summed E-state index contributed by atoms with van der Waals surface area (Å²) >= 11 is 0. The molecular weight excluding hydrogens is 238 g/mol. The van der Waals surface area contributed by atoms with Gasteiger partial charge in [-0.1, -0.05) is 0 Å². The molecule has 1 atom stereocenters. The van der Waals surface area contributed by atoms with Crippen molar-refractivity contribution in [2.75, 3.05) is 45.7 Å². The van der Waals surface area contributed by atoms with Crippen LogP contribution in [0.2, 0.25) is 0 Å². The zero-order valence-corrected chi connectivity index (χ0v) is 12.2. The van der Waals surface area contributed by atoms with Crippen molar-refractivity contribution < 1.29 is 4.74 Å². The summed E-state index contributed by atoms with van der Waals surface area (Å²) in [4.78, 5) is 2.39. The van der Waals surface area contributed by atoms with Gasteiger partial charge in [-0.3, -0.25) is 0 Å². The molecule has 0 amide bonds. The van der Waals surface area contributed by atoms with Crippen LogP contribution in [0.1, 0.15) is 12.0 Å². The second-order valence-corrected chi connectivity index (χ2v) is 5.31. The van der Waals surface area contributed by atoms with Gasteiger partial charge < -0.3 is 20.3 Å². The van der Waals surface area contributed by atoms with E-state index < -0.39 is 0 Å². The Morgan fingerprint density at radius 1 is 1.47 bits per heavy atom. The fraction of sp³-hybridized carbons (Fsp3) is 0.600. The highest BCUT2D eigenvalue weighted by Crippen LogP contribution is 2.21. The number of hydrogen-bond acceptors (Lipinski definition) is 4. The molecule has 1 aromatic carbocycles. The Morgan fingerprint density at radius 3 is 3.00 bits per heavy atom. The van der Waals surface area contributed by atoms with Crippen LogP contribution in [0.3, 0.4) is 0 Å². The lowest BCUT2D eigenvalue weighted by atomic mass is 10.1. The molecule has 0 saturated carbocycles. The van der Waals surface area contributed by atoms with Crippen molar-refractivity contribution in [2.24, 2.45) is 0 Å². The van der Waals surface area contributed by atoms with Gasteiger partial charge in [-0.15, -0.1) is 0 Å². The molecule has 1 aliphatic rings. The van der Waals surface area contributed by atoms with Gasteiger partial charge in [0, 0.05) is 37.9 Å². The van der Waals surface area contributed by atoms with Crippen LogP contribution < -0.4 is 15.4 Å². The highest BCUT2D eigenvalue weighted by Gasteiger charge is 2.15. The van der Waals surface area contributed by atoms with Gasteiger partial charge in [0.1, 0.15) is 5.75 Å². The average molecular weight is 263 g/mol. The van der Waals surface area contributed by atoms with Gasteiger partial charge in [-0.25, -0.2) is 0 Å². The number of likely N-dealkylation sites (N-methyl/N-ethyl adjacent to an activating group) is 1. The standard InChI is InChI=1S/C15H25N3O/c1-12-10-13(4-5-15(12)19-3)16-7-6-14-11-18(2)9-8-17-14/h4-5,10,14,16-17H,6-9,11H2,1-3H3. The van der Waals surface area contributed by atoms with E-state index in [-0.39, 0.29) is 0 Å². The summed E-state index contributed by atoms with van der Waals surface area (Å²) < 4.78 is 5.27. The fourth-order valence-corrected chi connectivity index (χ4v) is 2.56. The van der Waals surface area contributed by atoms with Crippen LogP contribution in [0.15, 0.2) is 18.2 Å². The van der Waals surface area contributed by atoms with Gasteiger partial charge in [0.15, 0.2) is 0 Å². The molecule has 0 radical (unpaired) electrons. The molecule has 19 heavy (non-hydrogen) atoms. The van der Waals surface area contributed by atoms with Gasteiger partial charge in [-0.05, 0) is 44.2 Å². The van der Waals surface area contributed by atoms with Crippen molar-refractivity contribution in [3.8, 4) is 5.75 Å². The minimum atomic E-state index is 0.602. The first-order valence-electron chi connectivity index (χ1n) is 6.99. The van der Waals surface area contributed by atoms with Crippen molar-refractivity contribution in [1.29, 1.82) is 0 Å². The highest BCUT2D eigenvalue weighted by atomic mass is 16.5. The van der Waals surface area contributed by atoms with Crippen molar-refractivity contribution in [2.45, 2.75) is 19.4 Å². The third-order valence-electron chi connectivity index (χ3n) is 3.68. The van der Waals surface area contributed by atoms with Crippen LogP contribution in [0.5, 0.6) is 5.75 Å². The second kappa shape index (κ2) is 6.78. The van der Waals surface area contributed by atoms with Crippen molar-refractivity contribution in [3.63, 3.8) is 0 Å². The summed E-state index contributed by atoms with van der Waals surface area (Å²) in [5.74, 6) is 0.945. The molecule has 1 saturated heterocycles. The summed E-state index contributed by atoms with van der Waals surface area (Å²) in [5.41, 5.74) is 2.34. The number of rotatable bonds is 5. The van der Waals surface area contributed by atoms with E-state index in [0.29, 0.717) is 6.04 Å². The molecule has 1 unspecified atom stereocenters. The Morgan fingerprint density at radius 2 is 2.32 bits per heavy atom. The Bertz CT molecular complexity index is 408. The van der Waals surface area contributed by atoms with Crippen molar-refractivity contribution in [1.82, 2.24) is 10.2 Å². The van der Waals surface area contributed by atoms with E-state index in [1.165, 1.54) is 11.3 Å². The van der Waals surface area contributed by atoms with Crippen LogP contribution in [0.4, 0.5) is 5.69 Å². The maximum Gasteiger partial charge on any atom is 0.121 e. The molecule has 0 spiro atoms. The Kier molecular flexibility index (Phi) is 5.05. The SMILES string of the molecule is COc1ccc(NCCC2CN(C)CCN2)cc1C. The van der Waals surface area contributed by atoms with Crippen molar-refractivity contribution in [3.05, 3.63) is 23.8 Å². The highest BCUT2D eigenvalue weighted by molar-refractivity contribution is 5.50. The van der Waals surface area contributed by atoms with Gasteiger partial charge in [0.05, 0.1) is 7.11 Å². The number of aryl methyl sites for hydroxylation is 1. The minimum absolute atomic E-state index is 0.602. The molecule has 1 aromatic rings. The molecular formula is C15H25N3O. The summed E-state index contributed by atoms with van der Waals surface area (Å²) in [6.45, 7) is 6.46. The molecule has 4 nitrogen and oxygen atoms in total. The number of hydrogen-bond donors (Lipinski definition) is 2. The lowest BCUT2D eigenvalue weighted by Crippen LogP contribution is -2.49. The molecule has 1 fully saturated rings. The summed E-state index contributed by atoms with van der Waals surface area (Å²) in [6, 6.07) is 6.83. The molecule has 106 valence electrons. The first kappa shape index (κ1) is 14.2. The molecule has 2 N–H and O–H groups in total. The lowest BCUT2D eigenvalue weighted by Gasteiger charge is -2.31. The van der Waals surface area contributed by atoms with E-state index in [1.54, 1.807) is 7.11 Å². The Balaban J connectivity index is 1.77. The number of benzene rings is 1. The average Bonchev–Trinajstić information content (AvgIpc) is 2.39. The van der Waals surface area contributed by atoms with Gasteiger partial charge in [-0.2, -0.15) is 0 Å².